The molecule has 0 saturated carbocycles. The van der Waals surface area contributed by atoms with E-state index in [-0.39, 0.29) is 5.91 Å². The van der Waals surface area contributed by atoms with Crippen molar-refractivity contribution in [2.45, 2.75) is 6.54 Å². The van der Waals surface area contributed by atoms with Gasteiger partial charge in [-0.05, 0) is 42.0 Å². The minimum absolute atomic E-state index is 0.222. The summed E-state index contributed by atoms with van der Waals surface area (Å²) in [6.45, 7) is 0.365. The van der Waals surface area contributed by atoms with Crippen LogP contribution in [0.4, 0.5) is 0 Å². The summed E-state index contributed by atoms with van der Waals surface area (Å²) < 4.78 is 1.66. The van der Waals surface area contributed by atoms with E-state index in [9.17, 15) is 4.79 Å². The maximum absolute atomic E-state index is 12.7. The summed E-state index contributed by atoms with van der Waals surface area (Å²) >= 11 is 5.99. The van der Waals surface area contributed by atoms with E-state index in [4.69, 9.17) is 16.9 Å². The van der Waals surface area contributed by atoms with Gasteiger partial charge in [-0.2, -0.15) is 10.4 Å². The first-order valence-corrected chi connectivity index (χ1v) is 8.89. The third kappa shape index (κ3) is 3.56. The van der Waals surface area contributed by atoms with Crippen molar-refractivity contribution in [2.75, 3.05) is 0 Å². The quantitative estimate of drug-likeness (QED) is 0.576. The Bertz CT molecular complexity index is 1210. The predicted octanol–water partition coefficient (Wildman–Crippen LogP) is 3.85. The monoisotopic (exact) mass is 387 g/mol. The highest BCUT2D eigenvalue weighted by Gasteiger charge is 2.13. The minimum Gasteiger partial charge on any atom is -0.348 e. The molecule has 0 atom stereocenters. The number of nitriles is 1. The Morgan fingerprint density at radius 2 is 1.96 bits per heavy atom. The highest BCUT2D eigenvalue weighted by Crippen LogP contribution is 2.22. The van der Waals surface area contributed by atoms with Crippen LogP contribution in [0.2, 0.25) is 5.02 Å². The number of aromatic nitrogens is 3. The lowest BCUT2D eigenvalue weighted by Gasteiger charge is -2.10. The Morgan fingerprint density at radius 3 is 2.71 bits per heavy atom. The van der Waals surface area contributed by atoms with E-state index in [1.54, 1.807) is 34.8 Å². The summed E-state index contributed by atoms with van der Waals surface area (Å²) in [7, 11) is 0. The Balaban J connectivity index is 1.65. The fourth-order valence-corrected chi connectivity index (χ4v) is 3.12. The smallest absolute Gasteiger partial charge is 0.251 e. The van der Waals surface area contributed by atoms with Crippen molar-refractivity contribution in [2.24, 2.45) is 0 Å². The van der Waals surface area contributed by atoms with E-state index in [0.717, 1.165) is 11.1 Å². The number of fused-ring (bicyclic) bond motifs is 1. The Labute approximate surface area is 166 Å². The van der Waals surface area contributed by atoms with Crippen molar-refractivity contribution in [1.29, 1.82) is 5.26 Å². The van der Waals surface area contributed by atoms with Gasteiger partial charge in [-0.25, -0.2) is 9.50 Å². The van der Waals surface area contributed by atoms with Crippen LogP contribution in [0.15, 0.2) is 67.0 Å². The van der Waals surface area contributed by atoms with Gasteiger partial charge < -0.3 is 5.32 Å². The van der Waals surface area contributed by atoms with E-state index in [0.29, 0.717) is 34.0 Å². The van der Waals surface area contributed by atoms with Gasteiger partial charge in [-0.1, -0.05) is 35.9 Å². The fraction of sp³-hybridized carbons (Fsp3) is 0.0476. The van der Waals surface area contributed by atoms with Crippen molar-refractivity contribution < 1.29 is 4.79 Å². The molecule has 136 valence electrons. The standard InChI is InChI=1S/C21H14ClN5O/c22-18-3-1-2-15(8-18)12-24-21(28)17-9-19(27-20(10-17)25-13-26-27)16-6-4-14(11-23)5-7-16/h1-10,13H,12H2,(H,24,28). The van der Waals surface area contributed by atoms with Gasteiger partial charge in [0.2, 0.25) is 0 Å². The molecule has 6 nitrogen and oxygen atoms in total. The second kappa shape index (κ2) is 7.51. The summed E-state index contributed by atoms with van der Waals surface area (Å²) in [6, 6.07) is 20.0. The molecular formula is C21H14ClN5O. The first kappa shape index (κ1) is 17.7. The molecule has 0 spiro atoms. The highest BCUT2D eigenvalue weighted by atomic mass is 35.5. The molecule has 1 N–H and O–H groups in total. The Hall–Kier alpha value is -3.69. The summed E-state index contributed by atoms with van der Waals surface area (Å²) in [5.41, 5.74) is 4.06. The van der Waals surface area contributed by atoms with Gasteiger partial charge in [0, 0.05) is 22.7 Å². The molecule has 0 saturated heterocycles. The molecule has 0 fully saturated rings. The number of carbonyl (C=O) groups excluding carboxylic acids is 1. The van der Waals surface area contributed by atoms with E-state index < -0.39 is 0 Å². The largest absolute Gasteiger partial charge is 0.348 e. The number of amides is 1. The maximum Gasteiger partial charge on any atom is 0.251 e. The number of hydrogen-bond donors (Lipinski definition) is 1. The van der Waals surface area contributed by atoms with Gasteiger partial charge in [0.1, 0.15) is 6.33 Å². The summed E-state index contributed by atoms with van der Waals surface area (Å²) in [6.07, 6.45) is 1.44. The topological polar surface area (TPSA) is 83.1 Å². The van der Waals surface area contributed by atoms with Gasteiger partial charge in [-0.3, -0.25) is 4.79 Å². The lowest BCUT2D eigenvalue weighted by atomic mass is 10.1. The molecule has 0 bridgehead atoms. The van der Waals surface area contributed by atoms with Crippen LogP contribution in [0.1, 0.15) is 21.5 Å². The van der Waals surface area contributed by atoms with Crippen LogP contribution < -0.4 is 5.32 Å². The van der Waals surface area contributed by atoms with E-state index >= 15 is 0 Å². The minimum atomic E-state index is -0.222. The normalized spacial score (nSPS) is 10.6. The van der Waals surface area contributed by atoms with Gasteiger partial charge in [-0.15, -0.1) is 0 Å². The lowest BCUT2D eigenvalue weighted by Crippen LogP contribution is -2.23. The molecule has 1 amide bonds. The number of nitrogens with zero attached hydrogens (tertiary/aromatic N) is 4. The molecule has 0 unspecified atom stereocenters. The molecule has 0 aliphatic carbocycles. The van der Waals surface area contributed by atoms with Crippen LogP contribution in [0, 0.1) is 11.3 Å². The SMILES string of the molecule is N#Cc1ccc(-c2cc(C(=O)NCc3cccc(Cl)c3)cc3ncnn23)cc1. The van der Waals surface area contributed by atoms with Crippen LogP contribution in [0.5, 0.6) is 0 Å². The fourth-order valence-electron chi connectivity index (χ4n) is 2.91. The number of pyridine rings is 1. The number of rotatable bonds is 4. The number of halogens is 1. The van der Waals surface area contributed by atoms with Crippen LogP contribution >= 0.6 is 11.6 Å². The maximum atomic E-state index is 12.7. The van der Waals surface area contributed by atoms with Crippen LogP contribution in [-0.2, 0) is 6.54 Å². The second-order valence-corrected chi connectivity index (χ2v) is 6.60. The molecule has 2 aromatic carbocycles. The van der Waals surface area contributed by atoms with Crippen molar-refractivity contribution in [3.63, 3.8) is 0 Å². The Morgan fingerprint density at radius 1 is 1.14 bits per heavy atom. The van der Waals surface area contributed by atoms with Crippen LogP contribution in [-0.4, -0.2) is 20.5 Å². The molecule has 7 heteroatoms. The van der Waals surface area contributed by atoms with Crippen molar-refractivity contribution >= 4 is 23.2 Å². The van der Waals surface area contributed by atoms with E-state index in [1.807, 2.05) is 30.3 Å². The molecule has 0 aliphatic heterocycles. The molecule has 4 rings (SSSR count). The molecule has 4 aromatic rings. The third-order valence-electron chi connectivity index (χ3n) is 4.29. The summed E-state index contributed by atoms with van der Waals surface area (Å²) in [5, 5.41) is 16.7. The van der Waals surface area contributed by atoms with Crippen molar-refractivity contribution in [1.82, 2.24) is 19.9 Å². The number of hydrogen-bond acceptors (Lipinski definition) is 4. The first-order valence-electron chi connectivity index (χ1n) is 8.51. The number of nitrogens with one attached hydrogen (secondary N) is 1. The number of carbonyl (C=O) groups is 1. The summed E-state index contributed by atoms with van der Waals surface area (Å²) in [4.78, 5) is 16.9. The predicted molar refractivity (Wildman–Crippen MR) is 106 cm³/mol. The second-order valence-electron chi connectivity index (χ2n) is 6.16. The number of benzene rings is 2. The Kier molecular flexibility index (Phi) is 4.75. The summed E-state index contributed by atoms with van der Waals surface area (Å²) in [5.74, 6) is -0.222. The van der Waals surface area contributed by atoms with Gasteiger partial charge in [0.05, 0.1) is 17.3 Å². The molecule has 2 aromatic heterocycles. The van der Waals surface area contributed by atoms with Crippen LogP contribution in [0.25, 0.3) is 16.9 Å². The van der Waals surface area contributed by atoms with Crippen molar-refractivity contribution in [3.8, 4) is 17.3 Å². The average molecular weight is 388 g/mol. The average Bonchev–Trinajstić information content (AvgIpc) is 3.20. The molecule has 28 heavy (non-hydrogen) atoms. The third-order valence-corrected chi connectivity index (χ3v) is 4.53. The zero-order valence-electron chi connectivity index (χ0n) is 14.6. The van der Waals surface area contributed by atoms with Gasteiger partial charge in [0.25, 0.3) is 5.91 Å². The molecule has 2 heterocycles. The van der Waals surface area contributed by atoms with E-state index in [2.05, 4.69) is 21.5 Å². The zero-order valence-corrected chi connectivity index (χ0v) is 15.4. The molecular weight excluding hydrogens is 374 g/mol. The van der Waals surface area contributed by atoms with Crippen LogP contribution in [0.3, 0.4) is 0 Å². The molecule has 0 aliphatic rings. The first-order chi connectivity index (χ1) is 13.6. The van der Waals surface area contributed by atoms with Crippen molar-refractivity contribution in [3.05, 3.63) is 88.7 Å². The van der Waals surface area contributed by atoms with Gasteiger partial charge in [0.15, 0.2) is 5.65 Å². The van der Waals surface area contributed by atoms with Gasteiger partial charge >= 0.3 is 0 Å². The molecule has 0 radical (unpaired) electrons. The van der Waals surface area contributed by atoms with E-state index in [1.165, 1.54) is 6.33 Å². The highest BCUT2D eigenvalue weighted by molar-refractivity contribution is 6.30. The lowest BCUT2D eigenvalue weighted by molar-refractivity contribution is 0.0951. The zero-order chi connectivity index (χ0) is 19.5.